The zero-order chi connectivity index (χ0) is 15.0. The van der Waals surface area contributed by atoms with E-state index < -0.39 is 0 Å². The first-order chi connectivity index (χ1) is 10.1. The van der Waals surface area contributed by atoms with E-state index in [9.17, 15) is 0 Å². The van der Waals surface area contributed by atoms with Gasteiger partial charge in [0, 0.05) is 18.4 Å². The molecule has 3 rings (SSSR count). The van der Waals surface area contributed by atoms with Gasteiger partial charge >= 0.3 is 0 Å². The number of fused-ring (bicyclic) bond motifs is 1. The van der Waals surface area contributed by atoms with Crippen molar-refractivity contribution in [2.75, 3.05) is 6.61 Å². The third kappa shape index (κ3) is 2.66. The van der Waals surface area contributed by atoms with E-state index in [1.165, 1.54) is 4.52 Å². The number of rotatable bonds is 4. The van der Waals surface area contributed by atoms with Crippen LogP contribution >= 0.6 is 27.5 Å². The van der Waals surface area contributed by atoms with Crippen molar-refractivity contribution < 1.29 is 4.74 Å². The molecule has 1 unspecified atom stereocenters. The molecule has 0 aromatic carbocycles. The number of hydrogen-bond acceptors (Lipinski definition) is 5. The van der Waals surface area contributed by atoms with Gasteiger partial charge in [-0.25, -0.2) is 9.67 Å². The van der Waals surface area contributed by atoms with Gasteiger partial charge in [-0.3, -0.25) is 0 Å². The van der Waals surface area contributed by atoms with Crippen LogP contribution in [0, 0.1) is 0 Å². The molecule has 0 aliphatic heterocycles. The summed E-state index contributed by atoms with van der Waals surface area (Å²) in [5, 5.41) is 8.83. The number of halogens is 2. The minimum Gasteiger partial charge on any atom is -0.357 e. The summed E-state index contributed by atoms with van der Waals surface area (Å²) in [5.74, 6) is 0. The lowest BCUT2D eigenvalue weighted by Crippen LogP contribution is -2.09. The molecule has 3 aromatic rings. The van der Waals surface area contributed by atoms with Crippen molar-refractivity contribution in [3.05, 3.63) is 28.5 Å². The van der Waals surface area contributed by atoms with Crippen LogP contribution < -0.4 is 0 Å². The van der Waals surface area contributed by atoms with E-state index in [-0.39, 0.29) is 6.23 Å². The standard InChI is InChI=1S/C12H12BrClN6O/c1-3-21-7(2)19-6-8(4-16-19)10-11(14)20-9(5-15-10)17-12(13)18-20/h4-7H,3H2,1-2H3. The van der Waals surface area contributed by atoms with Crippen molar-refractivity contribution >= 4 is 33.2 Å². The van der Waals surface area contributed by atoms with Gasteiger partial charge in [0.1, 0.15) is 11.9 Å². The predicted octanol–water partition coefficient (Wildman–Crippen LogP) is 2.96. The van der Waals surface area contributed by atoms with Crippen LogP contribution in [0.15, 0.2) is 23.3 Å². The van der Waals surface area contributed by atoms with Crippen LogP contribution in [-0.2, 0) is 4.74 Å². The number of ether oxygens (including phenoxy) is 1. The third-order valence-electron chi connectivity index (χ3n) is 2.95. The fourth-order valence-corrected chi connectivity index (χ4v) is 2.59. The van der Waals surface area contributed by atoms with E-state index >= 15 is 0 Å². The molecule has 1 atom stereocenters. The maximum atomic E-state index is 6.35. The predicted molar refractivity (Wildman–Crippen MR) is 81.1 cm³/mol. The van der Waals surface area contributed by atoms with Gasteiger partial charge in [-0.15, -0.1) is 5.10 Å². The summed E-state index contributed by atoms with van der Waals surface area (Å²) < 4.78 is 9.20. The lowest BCUT2D eigenvalue weighted by Gasteiger charge is -2.11. The third-order valence-corrected chi connectivity index (χ3v) is 3.63. The van der Waals surface area contributed by atoms with Crippen molar-refractivity contribution in [1.82, 2.24) is 29.4 Å². The summed E-state index contributed by atoms with van der Waals surface area (Å²) in [6.45, 7) is 4.48. The molecular formula is C12H12BrClN6O. The van der Waals surface area contributed by atoms with Crippen molar-refractivity contribution in [2.24, 2.45) is 0 Å². The molecule has 0 fully saturated rings. The zero-order valence-electron chi connectivity index (χ0n) is 11.4. The van der Waals surface area contributed by atoms with Crippen LogP contribution in [0.1, 0.15) is 20.1 Å². The molecule has 0 aliphatic carbocycles. The summed E-state index contributed by atoms with van der Waals surface area (Å²) in [4.78, 5) is 8.49. The Labute approximate surface area is 134 Å². The largest absolute Gasteiger partial charge is 0.357 e. The summed E-state index contributed by atoms with van der Waals surface area (Å²) in [5.41, 5.74) is 1.96. The van der Waals surface area contributed by atoms with Gasteiger partial charge in [-0.1, -0.05) is 11.6 Å². The van der Waals surface area contributed by atoms with Gasteiger partial charge in [0.25, 0.3) is 0 Å². The van der Waals surface area contributed by atoms with Crippen LogP contribution in [0.25, 0.3) is 16.9 Å². The Bertz CT molecular complexity index is 785. The van der Waals surface area contributed by atoms with Crippen LogP contribution in [0.3, 0.4) is 0 Å². The van der Waals surface area contributed by atoms with Crippen LogP contribution in [0.2, 0.25) is 5.15 Å². The van der Waals surface area contributed by atoms with Gasteiger partial charge in [0.2, 0.25) is 4.73 Å². The maximum Gasteiger partial charge on any atom is 0.218 e. The molecule has 9 heteroatoms. The molecule has 7 nitrogen and oxygen atoms in total. The minimum atomic E-state index is -0.147. The second-order valence-corrected chi connectivity index (χ2v) is 5.38. The molecule has 0 saturated carbocycles. The van der Waals surface area contributed by atoms with Crippen LogP contribution in [-0.4, -0.2) is 36.0 Å². The molecule has 3 heterocycles. The summed E-state index contributed by atoms with van der Waals surface area (Å²) in [6, 6.07) is 0. The Balaban J connectivity index is 2.02. The fraction of sp³-hybridized carbons (Fsp3) is 0.333. The highest BCUT2D eigenvalue weighted by atomic mass is 79.9. The summed E-state index contributed by atoms with van der Waals surface area (Å²) in [6.07, 6.45) is 5.00. The Morgan fingerprint density at radius 2 is 2.24 bits per heavy atom. The summed E-state index contributed by atoms with van der Waals surface area (Å²) >= 11 is 9.57. The Morgan fingerprint density at radius 3 is 3.00 bits per heavy atom. The number of nitrogens with zero attached hydrogens (tertiary/aromatic N) is 6. The molecule has 0 saturated heterocycles. The van der Waals surface area contributed by atoms with Crippen molar-refractivity contribution in [1.29, 1.82) is 0 Å². The van der Waals surface area contributed by atoms with Gasteiger partial charge in [-0.05, 0) is 29.8 Å². The molecule has 21 heavy (non-hydrogen) atoms. The van der Waals surface area contributed by atoms with Gasteiger partial charge in [0.15, 0.2) is 10.8 Å². The van der Waals surface area contributed by atoms with E-state index in [0.717, 1.165) is 5.56 Å². The molecule has 110 valence electrons. The average Bonchev–Trinajstić information content (AvgIpc) is 3.06. The normalized spacial score (nSPS) is 13.0. The maximum absolute atomic E-state index is 6.35. The van der Waals surface area contributed by atoms with Gasteiger partial charge in [-0.2, -0.15) is 14.6 Å². The quantitative estimate of drug-likeness (QED) is 0.705. The highest BCUT2D eigenvalue weighted by Crippen LogP contribution is 2.26. The first kappa shape index (κ1) is 14.4. The lowest BCUT2D eigenvalue weighted by atomic mass is 10.3. The second kappa shape index (κ2) is 5.70. The number of hydrogen-bond donors (Lipinski definition) is 0. The monoisotopic (exact) mass is 370 g/mol. The molecule has 3 aromatic heterocycles. The van der Waals surface area contributed by atoms with E-state index in [1.807, 2.05) is 20.0 Å². The Morgan fingerprint density at radius 1 is 1.43 bits per heavy atom. The molecule has 0 radical (unpaired) electrons. The first-order valence-corrected chi connectivity index (χ1v) is 7.50. The fourth-order valence-electron chi connectivity index (χ4n) is 1.97. The molecule has 0 aliphatic rings. The lowest BCUT2D eigenvalue weighted by molar-refractivity contribution is 0.0160. The van der Waals surface area contributed by atoms with Crippen molar-refractivity contribution in [2.45, 2.75) is 20.1 Å². The topological polar surface area (TPSA) is 70.1 Å². The van der Waals surface area contributed by atoms with E-state index in [0.29, 0.717) is 27.8 Å². The van der Waals surface area contributed by atoms with Crippen molar-refractivity contribution in [3.8, 4) is 11.3 Å². The van der Waals surface area contributed by atoms with Crippen molar-refractivity contribution in [3.63, 3.8) is 0 Å². The van der Waals surface area contributed by atoms with Gasteiger partial charge < -0.3 is 4.74 Å². The minimum absolute atomic E-state index is 0.147. The molecule has 0 bridgehead atoms. The Hall–Kier alpha value is -1.51. The smallest absolute Gasteiger partial charge is 0.218 e. The first-order valence-electron chi connectivity index (χ1n) is 6.33. The molecule has 0 amide bonds. The molecule has 0 N–H and O–H groups in total. The number of aromatic nitrogens is 6. The SMILES string of the molecule is CCOC(C)n1cc(-c2ncc3nc(Br)nn3c2Cl)cn1. The summed E-state index contributed by atoms with van der Waals surface area (Å²) in [7, 11) is 0. The van der Waals surface area contributed by atoms with Gasteiger partial charge in [0.05, 0.1) is 12.4 Å². The van der Waals surface area contributed by atoms with Crippen LogP contribution in [0.4, 0.5) is 0 Å². The van der Waals surface area contributed by atoms with Crippen LogP contribution in [0.5, 0.6) is 0 Å². The highest BCUT2D eigenvalue weighted by molar-refractivity contribution is 9.10. The second-order valence-electron chi connectivity index (χ2n) is 4.31. The molecular weight excluding hydrogens is 360 g/mol. The average molecular weight is 372 g/mol. The van der Waals surface area contributed by atoms with E-state index in [4.69, 9.17) is 16.3 Å². The molecule has 0 spiro atoms. The van der Waals surface area contributed by atoms with E-state index in [2.05, 4.69) is 36.1 Å². The zero-order valence-corrected chi connectivity index (χ0v) is 13.7. The highest BCUT2D eigenvalue weighted by Gasteiger charge is 2.15. The van der Waals surface area contributed by atoms with E-state index in [1.54, 1.807) is 17.1 Å². The Kier molecular flexibility index (Phi) is 3.92.